The van der Waals surface area contributed by atoms with Crippen LogP contribution in [0.3, 0.4) is 0 Å². The summed E-state index contributed by atoms with van der Waals surface area (Å²) in [5.74, 6) is -0.359. The second-order valence-electron chi connectivity index (χ2n) is 5.32. The Bertz CT molecular complexity index is 828. The SMILES string of the molecule is CN(CC(=O)Nc1c(Cl)cccc1Cl)C(=O)COc1ccc(C#N)cc1. The van der Waals surface area contributed by atoms with E-state index in [0.717, 1.165) is 0 Å². The van der Waals surface area contributed by atoms with Crippen LogP contribution >= 0.6 is 23.2 Å². The Labute approximate surface area is 160 Å². The smallest absolute Gasteiger partial charge is 0.260 e. The zero-order valence-electron chi connectivity index (χ0n) is 13.8. The van der Waals surface area contributed by atoms with Gasteiger partial charge < -0.3 is 15.0 Å². The number of amides is 2. The molecule has 0 saturated carbocycles. The Kier molecular flexibility index (Phi) is 6.84. The lowest BCUT2D eigenvalue weighted by Gasteiger charge is -2.17. The first-order valence-electron chi connectivity index (χ1n) is 7.51. The normalized spacial score (nSPS) is 9.92. The van der Waals surface area contributed by atoms with Crippen LogP contribution in [-0.4, -0.2) is 36.9 Å². The summed E-state index contributed by atoms with van der Waals surface area (Å²) in [4.78, 5) is 25.4. The molecule has 0 unspecified atom stereocenters. The van der Waals surface area contributed by atoms with Gasteiger partial charge in [-0.15, -0.1) is 0 Å². The number of para-hydroxylation sites is 1. The minimum Gasteiger partial charge on any atom is -0.484 e. The van der Waals surface area contributed by atoms with Crippen molar-refractivity contribution in [1.29, 1.82) is 5.26 Å². The first-order valence-corrected chi connectivity index (χ1v) is 8.27. The maximum Gasteiger partial charge on any atom is 0.260 e. The van der Waals surface area contributed by atoms with Gasteiger partial charge in [-0.2, -0.15) is 5.26 Å². The summed E-state index contributed by atoms with van der Waals surface area (Å²) >= 11 is 12.0. The highest BCUT2D eigenvalue weighted by atomic mass is 35.5. The molecule has 6 nitrogen and oxygen atoms in total. The van der Waals surface area contributed by atoms with Crippen molar-refractivity contribution in [3.05, 3.63) is 58.1 Å². The van der Waals surface area contributed by atoms with Crippen molar-refractivity contribution in [2.75, 3.05) is 25.5 Å². The van der Waals surface area contributed by atoms with Crippen molar-refractivity contribution >= 4 is 40.7 Å². The molecule has 0 aliphatic heterocycles. The van der Waals surface area contributed by atoms with Gasteiger partial charge in [-0.25, -0.2) is 0 Å². The molecule has 0 spiro atoms. The van der Waals surface area contributed by atoms with Gasteiger partial charge in [0.15, 0.2) is 6.61 Å². The number of carbonyl (C=O) groups is 2. The standard InChI is InChI=1S/C18H15Cl2N3O3/c1-23(10-16(24)22-18-14(19)3-2-4-15(18)20)17(25)11-26-13-7-5-12(9-21)6-8-13/h2-8H,10-11H2,1H3,(H,22,24). The molecule has 26 heavy (non-hydrogen) atoms. The molecular weight excluding hydrogens is 377 g/mol. The zero-order valence-corrected chi connectivity index (χ0v) is 15.3. The number of nitrogens with one attached hydrogen (secondary N) is 1. The Balaban J connectivity index is 1.86. The van der Waals surface area contributed by atoms with E-state index in [1.807, 2.05) is 6.07 Å². The summed E-state index contributed by atoms with van der Waals surface area (Å²) in [6.45, 7) is -0.417. The van der Waals surface area contributed by atoms with Gasteiger partial charge in [-0.05, 0) is 36.4 Å². The molecule has 0 aliphatic carbocycles. The molecule has 2 amide bonds. The van der Waals surface area contributed by atoms with E-state index in [9.17, 15) is 9.59 Å². The number of halogens is 2. The van der Waals surface area contributed by atoms with Crippen LogP contribution in [0.2, 0.25) is 10.0 Å². The van der Waals surface area contributed by atoms with Gasteiger partial charge in [-0.1, -0.05) is 29.3 Å². The maximum atomic E-state index is 12.1. The molecule has 0 bridgehead atoms. The summed E-state index contributed by atoms with van der Waals surface area (Å²) in [5, 5.41) is 11.9. The molecule has 0 atom stereocenters. The van der Waals surface area contributed by atoms with Crippen LogP contribution in [0.25, 0.3) is 0 Å². The maximum absolute atomic E-state index is 12.1. The molecule has 0 saturated heterocycles. The Morgan fingerprint density at radius 2 is 1.77 bits per heavy atom. The lowest BCUT2D eigenvalue weighted by molar-refractivity contribution is -0.135. The van der Waals surface area contributed by atoms with Crippen LogP contribution in [-0.2, 0) is 9.59 Å². The average molecular weight is 392 g/mol. The van der Waals surface area contributed by atoms with Gasteiger partial charge in [0.05, 0.1) is 33.9 Å². The topological polar surface area (TPSA) is 82.4 Å². The number of anilines is 1. The first kappa shape index (κ1) is 19.6. The Morgan fingerprint density at radius 3 is 2.35 bits per heavy atom. The predicted octanol–water partition coefficient (Wildman–Crippen LogP) is 3.34. The molecule has 0 heterocycles. The number of hydrogen-bond donors (Lipinski definition) is 1. The van der Waals surface area contributed by atoms with Crippen LogP contribution in [0, 0.1) is 11.3 Å². The summed E-state index contributed by atoms with van der Waals surface area (Å²) in [6.07, 6.45) is 0. The van der Waals surface area contributed by atoms with Crippen LogP contribution in [0.1, 0.15) is 5.56 Å². The molecule has 2 aromatic carbocycles. The lowest BCUT2D eigenvalue weighted by atomic mass is 10.2. The van der Waals surface area contributed by atoms with Crippen molar-refractivity contribution in [2.45, 2.75) is 0 Å². The third kappa shape index (κ3) is 5.38. The molecule has 0 radical (unpaired) electrons. The highest BCUT2D eigenvalue weighted by Crippen LogP contribution is 2.29. The van der Waals surface area contributed by atoms with E-state index in [2.05, 4.69) is 5.32 Å². The second kappa shape index (κ2) is 9.09. The molecule has 0 aromatic heterocycles. The number of likely N-dealkylation sites (N-methyl/N-ethyl adjacent to an activating group) is 1. The monoisotopic (exact) mass is 391 g/mol. The molecule has 1 N–H and O–H groups in total. The van der Waals surface area contributed by atoms with Crippen LogP contribution in [0.15, 0.2) is 42.5 Å². The van der Waals surface area contributed by atoms with Crippen molar-refractivity contribution in [3.8, 4) is 11.8 Å². The van der Waals surface area contributed by atoms with Crippen LogP contribution in [0.4, 0.5) is 5.69 Å². The van der Waals surface area contributed by atoms with Gasteiger partial charge >= 0.3 is 0 Å². The minimum atomic E-state index is -0.436. The summed E-state index contributed by atoms with van der Waals surface area (Å²) in [5.41, 5.74) is 0.797. The fourth-order valence-electron chi connectivity index (χ4n) is 1.98. The number of benzene rings is 2. The van der Waals surface area contributed by atoms with E-state index >= 15 is 0 Å². The van der Waals surface area contributed by atoms with E-state index in [4.69, 9.17) is 33.2 Å². The molecule has 0 fully saturated rings. The molecule has 134 valence electrons. The number of ether oxygens (including phenoxy) is 1. The van der Waals surface area contributed by atoms with Crippen molar-refractivity contribution in [1.82, 2.24) is 4.90 Å². The number of hydrogen-bond acceptors (Lipinski definition) is 4. The average Bonchev–Trinajstić information content (AvgIpc) is 2.63. The number of nitriles is 1. The predicted molar refractivity (Wildman–Crippen MR) is 99.4 cm³/mol. The third-order valence-corrected chi connectivity index (χ3v) is 4.01. The van der Waals surface area contributed by atoms with E-state index in [0.29, 0.717) is 27.0 Å². The Hall–Kier alpha value is -2.75. The van der Waals surface area contributed by atoms with Crippen LogP contribution in [0.5, 0.6) is 5.75 Å². The van der Waals surface area contributed by atoms with E-state index in [1.165, 1.54) is 11.9 Å². The summed E-state index contributed by atoms with van der Waals surface area (Å²) < 4.78 is 5.35. The lowest BCUT2D eigenvalue weighted by Crippen LogP contribution is -2.37. The van der Waals surface area contributed by atoms with E-state index in [-0.39, 0.29) is 19.1 Å². The van der Waals surface area contributed by atoms with Crippen LogP contribution < -0.4 is 10.1 Å². The third-order valence-electron chi connectivity index (χ3n) is 3.38. The van der Waals surface area contributed by atoms with Gasteiger partial charge in [-0.3, -0.25) is 9.59 Å². The molecular formula is C18H15Cl2N3O3. The van der Waals surface area contributed by atoms with Crippen molar-refractivity contribution in [2.24, 2.45) is 0 Å². The largest absolute Gasteiger partial charge is 0.484 e. The van der Waals surface area contributed by atoms with Crippen molar-refractivity contribution < 1.29 is 14.3 Å². The fourth-order valence-corrected chi connectivity index (χ4v) is 2.47. The van der Waals surface area contributed by atoms with E-state index in [1.54, 1.807) is 42.5 Å². The van der Waals surface area contributed by atoms with Gasteiger partial charge in [0.1, 0.15) is 5.75 Å². The van der Waals surface area contributed by atoms with Gasteiger partial charge in [0, 0.05) is 7.05 Å². The summed E-state index contributed by atoms with van der Waals surface area (Å²) in [6, 6.07) is 13.2. The van der Waals surface area contributed by atoms with Gasteiger partial charge in [0.2, 0.25) is 5.91 Å². The number of carbonyl (C=O) groups excluding carboxylic acids is 2. The summed E-state index contributed by atoms with van der Waals surface area (Å²) in [7, 11) is 1.48. The van der Waals surface area contributed by atoms with Gasteiger partial charge in [0.25, 0.3) is 5.91 Å². The van der Waals surface area contributed by atoms with E-state index < -0.39 is 5.91 Å². The molecule has 2 aromatic rings. The van der Waals surface area contributed by atoms with Crippen molar-refractivity contribution in [3.63, 3.8) is 0 Å². The quantitative estimate of drug-likeness (QED) is 0.818. The molecule has 8 heteroatoms. The minimum absolute atomic E-state index is 0.183. The highest BCUT2D eigenvalue weighted by molar-refractivity contribution is 6.39. The molecule has 0 aliphatic rings. The second-order valence-corrected chi connectivity index (χ2v) is 6.13. The first-order chi connectivity index (χ1) is 12.4. The number of nitrogens with zero attached hydrogens (tertiary/aromatic N) is 2. The number of rotatable bonds is 6. The highest BCUT2D eigenvalue weighted by Gasteiger charge is 2.16. The Morgan fingerprint density at radius 1 is 1.15 bits per heavy atom. The fraction of sp³-hybridized carbons (Fsp3) is 0.167. The molecule has 2 rings (SSSR count). The zero-order chi connectivity index (χ0) is 19.1.